The molecule has 2 aromatic rings. The second-order valence-electron chi connectivity index (χ2n) is 5.19. The quantitative estimate of drug-likeness (QED) is 0.705. The Balaban J connectivity index is 1.90. The predicted molar refractivity (Wildman–Crippen MR) is 85.6 cm³/mol. The van der Waals surface area contributed by atoms with Crippen molar-refractivity contribution in [1.82, 2.24) is 0 Å². The SMILES string of the molecule is CC(C#N)(CCCOc1ccccc1Cl)c1ccccc1. The number of hydrogen-bond acceptors (Lipinski definition) is 2. The van der Waals surface area contributed by atoms with E-state index >= 15 is 0 Å². The van der Waals surface area contributed by atoms with Gasteiger partial charge >= 0.3 is 0 Å². The van der Waals surface area contributed by atoms with Crippen LogP contribution in [0.15, 0.2) is 54.6 Å². The first-order chi connectivity index (χ1) is 10.2. The van der Waals surface area contributed by atoms with Gasteiger partial charge in [-0.1, -0.05) is 54.1 Å². The standard InChI is InChI=1S/C18H18ClNO/c1-18(14-20,15-8-3-2-4-9-15)12-7-13-21-17-11-6-5-10-16(17)19/h2-6,8-11H,7,12-13H2,1H3. The topological polar surface area (TPSA) is 33.0 Å². The lowest BCUT2D eigenvalue weighted by atomic mass is 9.80. The Morgan fingerprint density at radius 3 is 2.43 bits per heavy atom. The lowest BCUT2D eigenvalue weighted by Crippen LogP contribution is -2.20. The van der Waals surface area contributed by atoms with Gasteiger partial charge in [-0.15, -0.1) is 0 Å². The minimum Gasteiger partial charge on any atom is -0.492 e. The van der Waals surface area contributed by atoms with Crippen molar-refractivity contribution in [1.29, 1.82) is 5.26 Å². The highest BCUT2D eigenvalue weighted by molar-refractivity contribution is 6.32. The van der Waals surface area contributed by atoms with Gasteiger partial charge in [-0.05, 0) is 37.5 Å². The van der Waals surface area contributed by atoms with Gasteiger partial charge in [-0.3, -0.25) is 0 Å². The second-order valence-corrected chi connectivity index (χ2v) is 5.60. The molecule has 0 aliphatic heterocycles. The zero-order valence-electron chi connectivity index (χ0n) is 12.1. The molecule has 2 rings (SSSR count). The first-order valence-corrected chi connectivity index (χ1v) is 7.37. The average Bonchev–Trinajstić information content (AvgIpc) is 2.54. The molecule has 3 heteroatoms. The normalized spacial score (nSPS) is 13.2. The van der Waals surface area contributed by atoms with Crippen LogP contribution in [0.4, 0.5) is 0 Å². The number of para-hydroxylation sites is 1. The van der Waals surface area contributed by atoms with Crippen molar-refractivity contribution in [3.05, 3.63) is 65.2 Å². The monoisotopic (exact) mass is 299 g/mol. The number of nitrogens with zero attached hydrogens (tertiary/aromatic N) is 1. The molecule has 0 spiro atoms. The van der Waals surface area contributed by atoms with Crippen molar-refractivity contribution in [2.75, 3.05) is 6.61 Å². The van der Waals surface area contributed by atoms with Crippen LogP contribution < -0.4 is 4.74 Å². The fourth-order valence-corrected chi connectivity index (χ4v) is 2.43. The summed E-state index contributed by atoms with van der Waals surface area (Å²) in [5.74, 6) is 0.692. The largest absolute Gasteiger partial charge is 0.492 e. The summed E-state index contributed by atoms with van der Waals surface area (Å²) in [6.45, 7) is 2.52. The molecule has 21 heavy (non-hydrogen) atoms. The Kier molecular flexibility index (Phi) is 5.25. The molecule has 0 bridgehead atoms. The molecule has 0 aromatic heterocycles. The third-order valence-electron chi connectivity index (χ3n) is 3.57. The Bertz CT molecular complexity index is 621. The number of rotatable bonds is 6. The van der Waals surface area contributed by atoms with Crippen molar-refractivity contribution in [3.8, 4) is 11.8 Å². The van der Waals surface area contributed by atoms with Crippen LogP contribution in [-0.2, 0) is 5.41 Å². The fraction of sp³-hybridized carbons (Fsp3) is 0.278. The Morgan fingerprint density at radius 1 is 1.10 bits per heavy atom. The molecule has 0 aliphatic rings. The number of nitriles is 1. The predicted octanol–water partition coefficient (Wildman–Crippen LogP) is 4.98. The van der Waals surface area contributed by atoms with E-state index in [-0.39, 0.29) is 0 Å². The maximum atomic E-state index is 9.49. The summed E-state index contributed by atoms with van der Waals surface area (Å²) in [4.78, 5) is 0. The van der Waals surface area contributed by atoms with E-state index in [0.717, 1.165) is 18.4 Å². The summed E-state index contributed by atoms with van der Waals surface area (Å²) in [6, 6.07) is 19.7. The molecule has 0 heterocycles. The highest BCUT2D eigenvalue weighted by Crippen LogP contribution is 2.29. The van der Waals surface area contributed by atoms with Crippen molar-refractivity contribution in [2.45, 2.75) is 25.2 Å². The zero-order valence-corrected chi connectivity index (χ0v) is 12.8. The van der Waals surface area contributed by atoms with Crippen molar-refractivity contribution < 1.29 is 4.74 Å². The van der Waals surface area contributed by atoms with E-state index in [9.17, 15) is 5.26 Å². The Hall–Kier alpha value is -1.98. The minimum absolute atomic E-state index is 0.481. The molecule has 1 unspecified atom stereocenters. The summed E-state index contributed by atoms with van der Waals surface area (Å²) < 4.78 is 5.67. The van der Waals surface area contributed by atoms with Crippen LogP contribution in [0.2, 0.25) is 5.02 Å². The summed E-state index contributed by atoms with van der Waals surface area (Å²) in [6.07, 6.45) is 1.54. The van der Waals surface area contributed by atoms with E-state index in [1.807, 2.05) is 55.5 Å². The minimum atomic E-state index is -0.481. The van der Waals surface area contributed by atoms with Crippen molar-refractivity contribution in [2.24, 2.45) is 0 Å². The zero-order chi connectivity index (χ0) is 15.1. The smallest absolute Gasteiger partial charge is 0.137 e. The van der Waals surface area contributed by atoms with Crippen LogP contribution in [0.1, 0.15) is 25.3 Å². The molecule has 0 fully saturated rings. The van der Waals surface area contributed by atoms with Crippen LogP contribution in [0, 0.1) is 11.3 Å². The third kappa shape index (κ3) is 4.00. The molecule has 0 aliphatic carbocycles. The molecular formula is C18H18ClNO. The van der Waals surface area contributed by atoms with Gasteiger partial charge in [-0.25, -0.2) is 0 Å². The van der Waals surface area contributed by atoms with E-state index in [1.165, 1.54) is 0 Å². The van der Waals surface area contributed by atoms with Crippen molar-refractivity contribution >= 4 is 11.6 Å². The van der Waals surface area contributed by atoms with Gasteiger partial charge in [0.15, 0.2) is 0 Å². The van der Waals surface area contributed by atoms with Gasteiger partial charge in [-0.2, -0.15) is 5.26 Å². The van der Waals surface area contributed by atoms with Crippen molar-refractivity contribution in [3.63, 3.8) is 0 Å². The number of ether oxygens (including phenoxy) is 1. The van der Waals surface area contributed by atoms with Gasteiger partial charge in [0.25, 0.3) is 0 Å². The van der Waals surface area contributed by atoms with Gasteiger partial charge in [0, 0.05) is 0 Å². The van der Waals surface area contributed by atoms with E-state index in [1.54, 1.807) is 6.07 Å². The molecule has 0 N–H and O–H groups in total. The van der Waals surface area contributed by atoms with Crippen LogP contribution in [0.25, 0.3) is 0 Å². The molecular weight excluding hydrogens is 282 g/mol. The highest BCUT2D eigenvalue weighted by Gasteiger charge is 2.25. The number of benzene rings is 2. The Morgan fingerprint density at radius 2 is 1.76 bits per heavy atom. The maximum absolute atomic E-state index is 9.49. The molecule has 0 radical (unpaired) electrons. The lowest BCUT2D eigenvalue weighted by molar-refractivity contribution is 0.296. The van der Waals surface area contributed by atoms with Crippen LogP contribution in [0.5, 0.6) is 5.75 Å². The third-order valence-corrected chi connectivity index (χ3v) is 3.89. The van der Waals surface area contributed by atoms with Crippen LogP contribution in [-0.4, -0.2) is 6.61 Å². The summed E-state index contributed by atoms with van der Waals surface area (Å²) in [7, 11) is 0. The summed E-state index contributed by atoms with van der Waals surface area (Å²) in [5.41, 5.74) is 0.565. The van der Waals surface area contributed by atoms with Gasteiger partial charge in [0.1, 0.15) is 5.75 Å². The van der Waals surface area contributed by atoms with E-state index in [2.05, 4.69) is 6.07 Å². The molecule has 2 aromatic carbocycles. The van der Waals surface area contributed by atoms with Crippen LogP contribution in [0.3, 0.4) is 0 Å². The highest BCUT2D eigenvalue weighted by atomic mass is 35.5. The van der Waals surface area contributed by atoms with Gasteiger partial charge in [0.05, 0.1) is 23.1 Å². The molecule has 2 nitrogen and oxygen atoms in total. The average molecular weight is 300 g/mol. The lowest BCUT2D eigenvalue weighted by Gasteiger charge is -2.22. The first-order valence-electron chi connectivity index (χ1n) is 7.00. The van der Waals surface area contributed by atoms with E-state index < -0.39 is 5.41 Å². The van der Waals surface area contributed by atoms with Gasteiger partial charge in [0.2, 0.25) is 0 Å². The molecule has 0 amide bonds. The summed E-state index contributed by atoms with van der Waals surface area (Å²) >= 11 is 6.04. The van der Waals surface area contributed by atoms with Crippen LogP contribution >= 0.6 is 11.6 Å². The molecule has 0 saturated carbocycles. The molecule has 1 atom stereocenters. The van der Waals surface area contributed by atoms with E-state index in [0.29, 0.717) is 17.4 Å². The Labute approximate surface area is 130 Å². The second kappa shape index (κ2) is 7.15. The molecule has 108 valence electrons. The first kappa shape index (κ1) is 15.4. The van der Waals surface area contributed by atoms with E-state index in [4.69, 9.17) is 16.3 Å². The summed E-state index contributed by atoms with van der Waals surface area (Å²) in [5, 5.41) is 10.1. The van der Waals surface area contributed by atoms with Gasteiger partial charge < -0.3 is 4.74 Å². The fourth-order valence-electron chi connectivity index (χ4n) is 2.24. The molecule has 0 saturated heterocycles. The number of halogens is 1. The number of hydrogen-bond donors (Lipinski definition) is 0. The maximum Gasteiger partial charge on any atom is 0.137 e.